The van der Waals surface area contributed by atoms with Gasteiger partial charge < -0.3 is 9.47 Å². The van der Waals surface area contributed by atoms with E-state index in [0.29, 0.717) is 12.2 Å². The summed E-state index contributed by atoms with van der Waals surface area (Å²) in [6.45, 7) is 6.04. The molecule has 1 atom stereocenters. The molecule has 0 N–H and O–H groups in total. The van der Waals surface area contributed by atoms with Gasteiger partial charge in [-0.05, 0) is 26.3 Å². The molecule has 0 radical (unpaired) electrons. The predicted molar refractivity (Wildman–Crippen MR) is 65.2 cm³/mol. The number of ether oxygens (including phenoxy) is 2. The third-order valence-electron chi connectivity index (χ3n) is 2.84. The molecule has 1 aromatic carbocycles. The number of hydrogen-bond donors (Lipinski definition) is 0. The minimum absolute atomic E-state index is 0.184. The van der Waals surface area contributed by atoms with Crippen molar-refractivity contribution in [3.05, 3.63) is 23.8 Å². The summed E-state index contributed by atoms with van der Waals surface area (Å²) >= 11 is 0. The van der Waals surface area contributed by atoms with Gasteiger partial charge in [0.1, 0.15) is 11.7 Å². The van der Waals surface area contributed by atoms with Crippen molar-refractivity contribution in [3.63, 3.8) is 0 Å². The number of nitriles is 1. The fourth-order valence-corrected chi connectivity index (χ4v) is 2.03. The first-order chi connectivity index (χ1) is 8.05. The van der Waals surface area contributed by atoms with E-state index in [-0.39, 0.29) is 5.60 Å². The zero-order valence-electron chi connectivity index (χ0n) is 10.5. The van der Waals surface area contributed by atoms with Gasteiger partial charge in [0.25, 0.3) is 0 Å². The van der Waals surface area contributed by atoms with Gasteiger partial charge in [0, 0.05) is 12.0 Å². The van der Waals surface area contributed by atoms with Crippen LogP contribution in [0, 0.1) is 11.3 Å². The zero-order valence-corrected chi connectivity index (χ0v) is 10.5. The number of rotatable bonds is 3. The average molecular weight is 231 g/mol. The topological polar surface area (TPSA) is 42.2 Å². The molecule has 90 valence electrons. The van der Waals surface area contributed by atoms with Crippen LogP contribution >= 0.6 is 0 Å². The van der Waals surface area contributed by atoms with Crippen molar-refractivity contribution < 1.29 is 9.47 Å². The minimum Gasteiger partial charge on any atom is -0.483 e. The highest BCUT2D eigenvalue weighted by Gasteiger charge is 2.32. The summed E-state index contributed by atoms with van der Waals surface area (Å²) in [7, 11) is 0. The Morgan fingerprint density at radius 3 is 2.94 bits per heavy atom. The maximum atomic E-state index is 8.92. The molecule has 0 saturated heterocycles. The molecule has 1 aromatic rings. The van der Waals surface area contributed by atoms with Crippen LogP contribution in [0.3, 0.4) is 0 Å². The SMILES string of the molecule is CCC(C#N)Oc1cccc2c1OC(C)(C)C2. The van der Waals surface area contributed by atoms with Crippen LogP contribution in [0.15, 0.2) is 18.2 Å². The molecule has 3 heteroatoms. The number of hydrogen-bond acceptors (Lipinski definition) is 3. The van der Waals surface area contributed by atoms with Gasteiger partial charge in [-0.15, -0.1) is 0 Å². The third-order valence-corrected chi connectivity index (χ3v) is 2.84. The summed E-state index contributed by atoms with van der Waals surface area (Å²) in [5.41, 5.74) is 0.969. The van der Waals surface area contributed by atoms with Crippen molar-refractivity contribution in [2.45, 2.75) is 45.3 Å². The smallest absolute Gasteiger partial charge is 0.184 e. The molecule has 1 unspecified atom stereocenters. The molecule has 17 heavy (non-hydrogen) atoms. The molecule has 0 amide bonds. The standard InChI is InChI=1S/C14H17NO2/c1-4-11(9-15)16-12-7-5-6-10-8-14(2,3)17-13(10)12/h5-7,11H,4,8H2,1-3H3. The Morgan fingerprint density at radius 1 is 1.53 bits per heavy atom. The van der Waals surface area contributed by atoms with Crippen molar-refractivity contribution in [2.75, 3.05) is 0 Å². The maximum absolute atomic E-state index is 8.92. The molecular formula is C14H17NO2. The first-order valence-corrected chi connectivity index (χ1v) is 5.93. The third kappa shape index (κ3) is 2.36. The van der Waals surface area contributed by atoms with Crippen molar-refractivity contribution in [3.8, 4) is 17.6 Å². The molecule has 2 rings (SSSR count). The van der Waals surface area contributed by atoms with Gasteiger partial charge >= 0.3 is 0 Å². The second-order valence-electron chi connectivity index (χ2n) is 4.93. The number of fused-ring (bicyclic) bond motifs is 1. The van der Waals surface area contributed by atoms with Gasteiger partial charge in [0.15, 0.2) is 17.6 Å². The van der Waals surface area contributed by atoms with Gasteiger partial charge in [-0.2, -0.15) is 5.26 Å². The van der Waals surface area contributed by atoms with Crippen LogP contribution in [0.25, 0.3) is 0 Å². The molecule has 1 heterocycles. The summed E-state index contributed by atoms with van der Waals surface area (Å²) in [6.07, 6.45) is 1.14. The second-order valence-corrected chi connectivity index (χ2v) is 4.93. The van der Waals surface area contributed by atoms with E-state index in [4.69, 9.17) is 14.7 Å². The molecular weight excluding hydrogens is 214 g/mol. The highest BCUT2D eigenvalue weighted by molar-refractivity contribution is 5.50. The second kappa shape index (κ2) is 4.29. The average Bonchev–Trinajstić information content (AvgIpc) is 2.60. The predicted octanol–water partition coefficient (Wildman–Crippen LogP) is 3.08. The number of nitrogens with zero attached hydrogens (tertiary/aromatic N) is 1. The van der Waals surface area contributed by atoms with E-state index in [1.165, 1.54) is 0 Å². The van der Waals surface area contributed by atoms with Crippen LogP contribution in [-0.2, 0) is 6.42 Å². The minimum atomic E-state index is -0.409. The largest absolute Gasteiger partial charge is 0.483 e. The van der Waals surface area contributed by atoms with Crippen molar-refractivity contribution in [1.29, 1.82) is 5.26 Å². The molecule has 0 saturated carbocycles. The van der Waals surface area contributed by atoms with E-state index in [9.17, 15) is 0 Å². The zero-order chi connectivity index (χ0) is 12.5. The molecule has 0 aromatic heterocycles. The van der Waals surface area contributed by atoms with E-state index in [0.717, 1.165) is 17.7 Å². The summed E-state index contributed by atoms with van der Waals surface area (Å²) in [5, 5.41) is 8.92. The van der Waals surface area contributed by atoms with Crippen LogP contribution in [0.2, 0.25) is 0 Å². The van der Waals surface area contributed by atoms with Crippen LogP contribution < -0.4 is 9.47 Å². The molecule has 0 bridgehead atoms. The molecule has 1 aliphatic rings. The summed E-state index contributed by atoms with van der Waals surface area (Å²) < 4.78 is 11.5. The monoisotopic (exact) mass is 231 g/mol. The van der Waals surface area contributed by atoms with E-state index in [1.54, 1.807) is 0 Å². The summed E-state index contributed by atoms with van der Waals surface area (Å²) in [4.78, 5) is 0. The molecule has 3 nitrogen and oxygen atoms in total. The van der Waals surface area contributed by atoms with Crippen molar-refractivity contribution >= 4 is 0 Å². The Bertz CT molecular complexity index is 460. The summed E-state index contributed by atoms with van der Waals surface area (Å²) in [6, 6.07) is 7.99. The lowest BCUT2D eigenvalue weighted by Gasteiger charge is -2.19. The van der Waals surface area contributed by atoms with Gasteiger partial charge in [0.2, 0.25) is 0 Å². The lowest BCUT2D eigenvalue weighted by Crippen LogP contribution is -2.25. The molecule has 0 aliphatic carbocycles. The van der Waals surface area contributed by atoms with Crippen LogP contribution in [0.5, 0.6) is 11.5 Å². The Hall–Kier alpha value is -1.69. The van der Waals surface area contributed by atoms with E-state index >= 15 is 0 Å². The number of benzene rings is 1. The first-order valence-electron chi connectivity index (χ1n) is 5.93. The quantitative estimate of drug-likeness (QED) is 0.802. The Balaban J connectivity index is 2.27. The van der Waals surface area contributed by atoms with E-state index in [2.05, 4.69) is 19.9 Å². The number of para-hydroxylation sites is 1. The van der Waals surface area contributed by atoms with Crippen LogP contribution in [0.4, 0.5) is 0 Å². The fraction of sp³-hybridized carbons (Fsp3) is 0.500. The Morgan fingerprint density at radius 2 is 2.29 bits per heavy atom. The van der Waals surface area contributed by atoms with Gasteiger partial charge in [0.05, 0.1) is 0 Å². The van der Waals surface area contributed by atoms with Gasteiger partial charge in [-0.25, -0.2) is 0 Å². The molecule has 1 aliphatic heterocycles. The molecule has 0 spiro atoms. The maximum Gasteiger partial charge on any atom is 0.184 e. The molecule has 0 fully saturated rings. The highest BCUT2D eigenvalue weighted by Crippen LogP contribution is 2.42. The summed E-state index contributed by atoms with van der Waals surface area (Å²) in [5.74, 6) is 1.48. The normalized spacial score (nSPS) is 17.8. The van der Waals surface area contributed by atoms with Gasteiger partial charge in [-0.3, -0.25) is 0 Å². The van der Waals surface area contributed by atoms with E-state index in [1.807, 2.05) is 25.1 Å². The highest BCUT2D eigenvalue weighted by atomic mass is 16.5. The van der Waals surface area contributed by atoms with Crippen molar-refractivity contribution in [1.82, 2.24) is 0 Å². The van der Waals surface area contributed by atoms with Crippen molar-refractivity contribution in [2.24, 2.45) is 0 Å². The Kier molecular flexibility index (Phi) is 2.97. The first kappa shape index (κ1) is 11.8. The fourth-order valence-electron chi connectivity index (χ4n) is 2.03. The lowest BCUT2D eigenvalue weighted by molar-refractivity contribution is 0.129. The van der Waals surface area contributed by atoms with E-state index < -0.39 is 6.10 Å². The van der Waals surface area contributed by atoms with Gasteiger partial charge in [-0.1, -0.05) is 19.1 Å². The van der Waals surface area contributed by atoms with Crippen LogP contribution in [-0.4, -0.2) is 11.7 Å². The Labute approximate surface area is 102 Å². The lowest BCUT2D eigenvalue weighted by atomic mass is 10.0. The van der Waals surface area contributed by atoms with Crippen LogP contribution in [0.1, 0.15) is 32.8 Å².